The van der Waals surface area contributed by atoms with E-state index in [0.717, 1.165) is 22.0 Å². The molecule has 0 spiro atoms. The minimum Gasteiger partial charge on any atom is -0.478 e. The van der Waals surface area contributed by atoms with E-state index in [1.54, 1.807) is 24.4 Å². The number of alkyl carbamates (subject to hydrolysis) is 1. The highest BCUT2D eigenvalue weighted by Gasteiger charge is 2.23. The zero-order valence-electron chi connectivity index (χ0n) is 22.0. The van der Waals surface area contributed by atoms with Crippen molar-refractivity contribution in [2.75, 3.05) is 0 Å². The van der Waals surface area contributed by atoms with Gasteiger partial charge in [0.2, 0.25) is 0 Å². The van der Waals surface area contributed by atoms with Gasteiger partial charge in [0, 0.05) is 29.1 Å². The topological polar surface area (TPSA) is 146 Å². The molecule has 0 saturated carbocycles. The van der Waals surface area contributed by atoms with Crippen LogP contribution in [0.4, 0.5) is 4.79 Å². The first-order valence-corrected chi connectivity index (χ1v) is 13.2. The van der Waals surface area contributed by atoms with Crippen LogP contribution in [0.1, 0.15) is 27.2 Å². The zero-order chi connectivity index (χ0) is 29.5. The Labute approximate surface area is 245 Å². The molecule has 2 amide bonds. The van der Waals surface area contributed by atoms with Crippen molar-refractivity contribution in [3.05, 3.63) is 119 Å². The standard InChI is InChI=1S/C31H25ClN4O6/c32-25-14-20(10-12-24(25)30(38)39)28-13-11-22(42-28)17-34-36-29(37)27(15-21-16-33-26-9-5-4-8-23(21)26)35-31(40)41-18-19-6-2-1-3-7-19/h1-14,16-17,27,33H,15,18H2,(H,35,40)(H,36,37)(H,38,39)/b34-17-/t27-/m0/s1. The number of furan rings is 1. The molecule has 3 aromatic carbocycles. The van der Waals surface area contributed by atoms with Crippen LogP contribution < -0.4 is 10.7 Å². The van der Waals surface area contributed by atoms with Crippen LogP contribution >= 0.6 is 11.6 Å². The highest BCUT2D eigenvalue weighted by molar-refractivity contribution is 6.33. The lowest BCUT2D eigenvalue weighted by molar-refractivity contribution is -0.123. The van der Waals surface area contributed by atoms with Crippen LogP contribution in [-0.4, -0.2) is 40.3 Å². The molecular formula is C31H25ClN4O6. The second kappa shape index (κ2) is 12.9. The monoisotopic (exact) mass is 584 g/mol. The largest absolute Gasteiger partial charge is 0.478 e. The molecule has 212 valence electrons. The van der Waals surface area contributed by atoms with Crippen molar-refractivity contribution in [3.8, 4) is 11.3 Å². The van der Waals surface area contributed by atoms with E-state index >= 15 is 0 Å². The average Bonchev–Trinajstić information content (AvgIpc) is 3.63. The number of carbonyl (C=O) groups excluding carboxylic acids is 2. The predicted molar refractivity (Wildman–Crippen MR) is 157 cm³/mol. The number of aromatic nitrogens is 1. The first kappa shape index (κ1) is 28.2. The summed E-state index contributed by atoms with van der Waals surface area (Å²) < 4.78 is 11.1. The molecule has 10 nitrogen and oxygen atoms in total. The number of nitrogens with zero attached hydrogens (tertiary/aromatic N) is 1. The van der Waals surface area contributed by atoms with Gasteiger partial charge in [-0.2, -0.15) is 5.10 Å². The molecule has 0 aliphatic heterocycles. The van der Waals surface area contributed by atoms with Crippen LogP contribution in [0.15, 0.2) is 101 Å². The molecule has 2 heterocycles. The number of amides is 2. The summed E-state index contributed by atoms with van der Waals surface area (Å²) in [6.07, 6.45) is 2.55. The van der Waals surface area contributed by atoms with E-state index in [4.69, 9.17) is 25.9 Å². The van der Waals surface area contributed by atoms with Crippen molar-refractivity contribution in [2.45, 2.75) is 19.1 Å². The molecule has 0 radical (unpaired) electrons. The molecule has 0 aliphatic carbocycles. The Balaban J connectivity index is 1.26. The first-order chi connectivity index (χ1) is 20.4. The second-order valence-electron chi connectivity index (χ2n) is 9.26. The molecular weight excluding hydrogens is 560 g/mol. The number of hydrogen-bond acceptors (Lipinski definition) is 6. The Morgan fingerprint density at radius 1 is 1.02 bits per heavy atom. The summed E-state index contributed by atoms with van der Waals surface area (Å²) in [6.45, 7) is 0.0529. The second-order valence-corrected chi connectivity index (χ2v) is 9.67. The van der Waals surface area contributed by atoms with Crippen LogP contribution in [0.25, 0.3) is 22.2 Å². The Morgan fingerprint density at radius 3 is 2.60 bits per heavy atom. The normalized spacial score (nSPS) is 11.8. The highest BCUT2D eigenvalue weighted by atomic mass is 35.5. The Kier molecular flexibility index (Phi) is 8.64. The first-order valence-electron chi connectivity index (χ1n) is 12.9. The minimum atomic E-state index is -1.13. The summed E-state index contributed by atoms with van der Waals surface area (Å²) in [5, 5.41) is 16.8. The number of ether oxygens (including phenoxy) is 1. The maximum absolute atomic E-state index is 13.2. The number of para-hydroxylation sites is 1. The number of hydrogen-bond donors (Lipinski definition) is 4. The average molecular weight is 585 g/mol. The highest BCUT2D eigenvalue weighted by Crippen LogP contribution is 2.27. The van der Waals surface area contributed by atoms with Crippen LogP contribution in [0.2, 0.25) is 5.02 Å². The van der Waals surface area contributed by atoms with Crippen LogP contribution in [0.3, 0.4) is 0 Å². The fourth-order valence-electron chi connectivity index (χ4n) is 4.29. The zero-order valence-corrected chi connectivity index (χ0v) is 22.8. The Morgan fingerprint density at radius 2 is 1.81 bits per heavy atom. The van der Waals surface area contributed by atoms with Crippen molar-refractivity contribution in [1.29, 1.82) is 0 Å². The molecule has 0 fully saturated rings. The van der Waals surface area contributed by atoms with Crippen LogP contribution in [0.5, 0.6) is 0 Å². The van der Waals surface area contributed by atoms with E-state index in [9.17, 15) is 14.4 Å². The van der Waals surface area contributed by atoms with Gasteiger partial charge in [-0.15, -0.1) is 0 Å². The summed E-state index contributed by atoms with van der Waals surface area (Å²) in [7, 11) is 0. The molecule has 2 aromatic heterocycles. The van der Waals surface area contributed by atoms with Gasteiger partial charge in [0.1, 0.15) is 24.2 Å². The maximum Gasteiger partial charge on any atom is 0.408 e. The summed E-state index contributed by atoms with van der Waals surface area (Å²) in [5.41, 5.74) is 5.56. The lowest BCUT2D eigenvalue weighted by Crippen LogP contribution is -2.47. The predicted octanol–water partition coefficient (Wildman–Crippen LogP) is 5.77. The van der Waals surface area contributed by atoms with Gasteiger partial charge in [-0.1, -0.05) is 66.2 Å². The summed E-state index contributed by atoms with van der Waals surface area (Å²) in [5.74, 6) is -0.929. The van der Waals surface area contributed by atoms with Crippen LogP contribution in [-0.2, 0) is 22.6 Å². The van der Waals surface area contributed by atoms with Gasteiger partial charge in [-0.3, -0.25) is 4.79 Å². The molecule has 42 heavy (non-hydrogen) atoms. The van der Waals surface area contributed by atoms with Gasteiger partial charge in [0.05, 0.1) is 16.8 Å². The number of halogens is 1. The van der Waals surface area contributed by atoms with E-state index in [2.05, 4.69) is 20.8 Å². The van der Waals surface area contributed by atoms with E-state index in [0.29, 0.717) is 17.1 Å². The van der Waals surface area contributed by atoms with Crippen molar-refractivity contribution in [1.82, 2.24) is 15.7 Å². The van der Waals surface area contributed by atoms with Crippen LogP contribution in [0, 0.1) is 0 Å². The smallest absolute Gasteiger partial charge is 0.408 e. The molecule has 0 aliphatic rings. The fraction of sp³-hybridized carbons (Fsp3) is 0.0968. The summed E-state index contributed by atoms with van der Waals surface area (Å²) in [6, 6.07) is 23.6. The number of fused-ring (bicyclic) bond motifs is 1. The number of carboxylic acids is 1. The third-order valence-electron chi connectivity index (χ3n) is 6.40. The maximum atomic E-state index is 13.2. The number of aromatic carboxylic acids is 1. The number of nitrogens with one attached hydrogen (secondary N) is 3. The number of benzene rings is 3. The van der Waals surface area contributed by atoms with Crippen molar-refractivity contribution >= 4 is 46.7 Å². The lowest BCUT2D eigenvalue weighted by Gasteiger charge is -2.17. The van der Waals surface area contributed by atoms with E-state index in [1.165, 1.54) is 18.3 Å². The number of carbonyl (C=O) groups is 3. The van der Waals surface area contributed by atoms with E-state index in [1.807, 2.05) is 54.6 Å². The van der Waals surface area contributed by atoms with Gasteiger partial charge in [0.25, 0.3) is 5.91 Å². The molecule has 11 heteroatoms. The van der Waals surface area contributed by atoms with Gasteiger partial charge in [-0.05, 0) is 41.5 Å². The molecule has 0 bridgehead atoms. The summed E-state index contributed by atoms with van der Waals surface area (Å²) in [4.78, 5) is 40.2. The molecule has 4 N–H and O–H groups in total. The minimum absolute atomic E-state index is 0.0174. The van der Waals surface area contributed by atoms with Crippen molar-refractivity contribution in [2.24, 2.45) is 5.10 Å². The number of H-pyrrole nitrogens is 1. The fourth-order valence-corrected chi connectivity index (χ4v) is 4.55. The molecule has 1 atom stereocenters. The molecule has 5 aromatic rings. The molecule has 0 saturated heterocycles. The third-order valence-corrected chi connectivity index (χ3v) is 6.71. The van der Waals surface area contributed by atoms with E-state index < -0.39 is 24.0 Å². The van der Waals surface area contributed by atoms with Crippen molar-refractivity contribution < 1.29 is 28.6 Å². The third kappa shape index (κ3) is 6.86. The molecule has 0 unspecified atom stereocenters. The SMILES string of the molecule is O=C(N[C@@H](Cc1c[nH]c2ccccc12)C(=O)N/N=C\c1ccc(-c2ccc(C(=O)O)c(Cl)c2)o1)OCc1ccccc1. The van der Waals surface area contributed by atoms with E-state index in [-0.39, 0.29) is 23.6 Å². The Bertz CT molecular complexity index is 1760. The number of carboxylic acid groups (broad SMARTS) is 1. The number of rotatable bonds is 10. The van der Waals surface area contributed by atoms with Gasteiger partial charge in [0.15, 0.2) is 0 Å². The quantitative estimate of drug-likeness (QED) is 0.121. The van der Waals surface area contributed by atoms with Crippen molar-refractivity contribution in [3.63, 3.8) is 0 Å². The number of aromatic amines is 1. The number of hydrazone groups is 1. The van der Waals surface area contributed by atoms with Gasteiger partial charge >= 0.3 is 12.1 Å². The van der Waals surface area contributed by atoms with Gasteiger partial charge < -0.3 is 24.6 Å². The van der Waals surface area contributed by atoms with Gasteiger partial charge in [-0.25, -0.2) is 15.0 Å². The summed E-state index contributed by atoms with van der Waals surface area (Å²) >= 11 is 6.06. The lowest BCUT2D eigenvalue weighted by atomic mass is 10.0. The Hall–Kier alpha value is -5.35. The molecule has 5 rings (SSSR count).